The van der Waals surface area contributed by atoms with Crippen LogP contribution in [0.3, 0.4) is 0 Å². The van der Waals surface area contributed by atoms with Crippen LogP contribution in [0, 0.1) is 5.92 Å². The molecular formula is C27H30F3N3O3. The van der Waals surface area contributed by atoms with Crippen LogP contribution in [-0.4, -0.2) is 35.3 Å². The van der Waals surface area contributed by atoms with Crippen molar-refractivity contribution in [2.24, 2.45) is 5.92 Å². The number of methoxy groups -OCH3 is 1. The number of hydrogen-bond acceptors (Lipinski definition) is 4. The number of aromatic nitrogens is 2. The number of benzene rings is 2. The number of halogens is 3. The van der Waals surface area contributed by atoms with Crippen molar-refractivity contribution >= 4 is 11.9 Å². The van der Waals surface area contributed by atoms with Crippen LogP contribution in [-0.2, 0) is 15.7 Å². The van der Waals surface area contributed by atoms with Crippen molar-refractivity contribution in [1.29, 1.82) is 0 Å². The largest absolute Gasteiger partial charge is 0.469 e. The number of nitrogens with one attached hydrogen (secondary N) is 1. The van der Waals surface area contributed by atoms with E-state index in [-0.39, 0.29) is 24.8 Å². The van der Waals surface area contributed by atoms with Crippen molar-refractivity contribution in [3.63, 3.8) is 0 Å². The summed E-state index contributed by atoms with van der Waals surface area (Å²) in [5, 5.41) is 6.54. The third-order valence-corrected chi connectivity index (χ3v) is 5.92. The minimum absolute atomic E-state index is 0.0567. The van der Waals surface area contributed by atoms with E-state index in [0.717, 1.165) is 36.4 Å². The predicted octanol–water partition coefficient (Wildman–Crippen LogP) is 5.75. The van der Waals surface area contributed by atoms with Gasteiger partial charge in [-0.15, -0.1) is 0 Å². The molecule has 0 aliphatic carbocycles. The van der Waals surface area contributed by atoms with Crippen molar-refractivity contribution in [2.75, 3.05) is 13.7 Å². The SMILES string of the molecule is COC(=O)CCNC(=O)c1ccc(C(CCC(C)C)c2ccc(-n3cc(C(F)(F)F)cn3)cc2)cc1. The standard InChI is InChI=1S/C27H30F3N3O3/c1-18(2)4-13-24(19-5-7-21(8-6-19)26(35)31-15-14-25(34)36-3)20-9-11-23(12-10-20)33-17-22(16-32-33)27(28,29)30/h5-12,16-18,24H,4,13-15H2,1-3H3,(H,31,35). The van der Waals surface area contributed by atoms with Crippen LogP contribution in [0.5, 0.6) is 0 Å². The van der Waals surface area contributed by atoms with Gasteiger partial charge in [-0.1, -0.05) is 44.5 Å². The maximum atomic E-state index is 12.9. The van der Waals surface area contributed by atoms with Gasteiger partial charge < -0.3 is 10.1 Å². The smallest absolute Gasteiger partial charge is 0.419 e. The van der Waals surface area contributed by atoms with E-state index in [1.165, 1.54) is 11.8 Å². The fraction of sp³-hybridized carbons (Fsp3) is 0.370. The summed E-state index contributed by atoms with van der Waals surface area (Å²) >= 11 is 0. The monoisotopic (exact) mass is 501 g/mol. The molecule has 6 nitrogen and oxygen atoms in total. The predicted molar refractivity (Wildman–Crippen MR) is 130 cm³/mol. The third-order valence-electron chi connectivity index (χ3n) is 5.92. The Labute approximate surface area is 208 Å². The number of carbonyl (C=O) groups excluding carboxylic acids is 2. The molecule has 192 valence electrons. The quantitative estimate of drug-likeness (QED) is 0.359. The van der Waals surface area contributed by atoms with Crippen LogP contribution >= 0.6 is 0 Å². The van der Waals surface area contributed by atoms with Crippen molar-refractivity contribution in [2.45, 2.75) is 45.2 Å². The Morgan fingerprint density at radius 1 is 1.00 bits per heavy atom. The lowest BCUT2D eigenvalue weighted by atomic mass is 9.85. The average Bonchev–Trinajstić information content (AvgIpc) is 3.36. The van der Waals surface area contributed by atoms with E-state index in [9.17, 15) is 22.8 Å². The molecule has 0 saturated carbocycles. The summed E-state index contributed by atoms with van der Waals surface area (Å²) in [5.41, 5.74) is 2.29. The van der Waals surface area contributed by atoms with Crippen LogP contribution in [0.25, 0.3) is 5.69 Å². The number of amides is 1. The highest BCUT2D eigenvalue weighted by Gasteiger charge is 2.32. The molecule has 0 aliphatic heterocycles. The number of hydrogen-bond donors (Lipinski definition) is 1. The van der Waals surface area contributed by atoms with Gasteiger partial charge in [-0.3, -0.25) is 9.59 Å². The fourth-order valence-corrected chi connectivity index (χ4v) is 3.84. The van der Waals surface area contributed by atoms with Gasteiger partial charge in [0.1, 0.15) is 0 Å². The molecule has 0 radical (unpaired) electrons. The van der Waals surface area contributed by atoms with Crippen LogP contribution in [0.1, 0.15) is 66.1 Å². The summed E-state index contributed by atoms with van der Waals surface area (Å²) in [4.78, 5) is 23.6. The molecule has 1 atom stereocenters. The molecule has 0 fully saturated rings. The molecule has 0 bridgehead atoms. The first kappa shape index (κ1) is 27.0. The molecule has 1 unspecified atom stereocenters. The highest BCUT2D eigenvalue weighted by atomic mass is 19.4. The summed E-state index contributed by atoms with van der Waals surface area (Å²) in [6.07, 6.45) is -0.696. The summed E-state index contributed by atoms with van der Waals surface area (Å²) in [5.74, 6) is -0.110. The van der Waals surface area contributed by atoms with Gasteiger partial charge in [0, 0.05) is 24.2 Å². The zero-order chi connectivity index (χ0) is 26.3. The number of esters is 1. The van der Waals surface area contributed by atoms with Crippen molar-refractivity contribution in [1.82, 2.24) is 15.1 Å². The van der Waals surface area contributed by atoms with Gasteiger partial charge in [-0.2, -0.15) is 18.3 Å². The third kappa shape index (κ3) is 7.19. The molecule has 3 aromatic rings. The highest BCUT2D eigenvalue weighted by molar-refractivity contribution is 5.94. The Morgan fingerprint density at radius 3 is 2.14 bits per heavy atom. The highest BCUT2D eigenvalue weighted by Crippen LogP contribution is 2.32. The van der Waals surface area contributed by atoms with E-state index in [2.05, 4.69) is 29.0 Å². The van der Waals surface area contributed by atoms with E-state index in [0.29, 0.717) is 17.2 Å². The molecule has 3 rings (SSSR count). The number of ether oxygens (including phenoxy) is 1. The second kappa shape index (κ2) is 11.9. The molecule has 0 aliphatic rings. The molecule has 1 heterocycles. The topological polar surface area (TPSA) is 73.2 Å². The minimum Gasteiger partial charge on any atom is -0.469 e. The number of alkyl halides is 3. The van der Waals surface area contributed by atoms with E-state index >= 15 is 0 Å². The summed E-state index contributed by atoms with van der Waals surface area (Å²) < 4.78 is 44.5. The summed E-state index contributed by atoms with van der Waals surface area (Å²) in [6.45, 7) is 4.49. The molecule has 2 aromatic carbocycles. The van der Waals surface area contributed by atoms with E-state index < -0.39 is 17.7 Å². The normalized spacial score (nSPS) is 12.4. The minimum atomic E-state index is -4.44. The van der Waals surface area contributed by atoms with Crippen molar-refractivity contribution in [3.8, 4) is 5.69 Å². The lowest BCUT2D eigenvalue weighted by Gasteiger charge is -2.20. The van der Waals surface area contributed by atoms with E-state index in [1.807, 2.05) is 24.3 Å². The van der Waals surface area contributed by atoms with Gasteiger partial charge in [0.05, 0.1) is 31.0 Å². The zero-order valence-corrected chi connectivity index (χ0v) is 20.5. The van der Waals surface area contributed by atoms with Gasteiger partial charge in [0.2, 0.25) is 0 Å². The molecule has 0 saturated heterocycles. The molecule has 1 aromatic heterocycles. The van der Waals surface area contributed by atoms with Crippen molar-refractivity contribution in [3.05, 3.63) is 83.2 Å². The first-order chi connectivity index (χ1) is 17.1. The molecular weight excluding hydrogens is 471 g/mol. The number of rotatable bonds is 10. The van der Waals surface area contributed by atoms with Crippen LogP contribution in [0.2, 0.25) is 0 Å². The van der Waals surface area contributed by atoms with Gasteiger partial charge in [0.25, 0.3) is 5.91 Å². The second-order valence-corrected chi connectivity index (χ2v) is 8.99. The first-order valence-electron chi connectivity index (χ1n) is 11.8. The fourth-order valence-electron chi connectivity index (χ4n) is 3.84. The lowest BCUT2D eigenvalue weighted by molar-refractivity contribution is -0.140. The molecule has 9 heteroatoms. The summed E-state index contributed by atoms with van der Waals surface area (Å²) in [6, 6.07) is 14.7. The van der Waals surface area contributed by atoms with Gasteiger partial charge in [-0.05, 0) is 47.7 Å². The van der Waals surface area contributed by atoms with Gasteiger partial charge >= 0.3 is 12.1 Å². The Kier molecular flexibility index (Phi) is 8.90. The maximum Gasteiger partial charge on any atom is 0.419 e. The Hall–Kier alpha value is -3.62. The molecule has 1 amide bonds. The second-order valence-electron chi connectivity index (χ2n) is 8.99. The zero-order valence-electron chi connectivity index (χ0n) is 20.5. The number of carbonyl (C=O) groups is 2. The van der Waals surface area contributed by atoms with Crippen molar-refractivity contribution < 1.29 is 27.5 Å². The molecule has 0 spiro atoms. The average molecular weight is 502 g/mol. The Balaban J connectivity index is 1.77. The van der Waals surface area contributed by atoms with Crippen LogP contribution < -0.4 is 5.32 Å². The summed E-state index contributed by atoms with van der Waals surface area (Å²) in [7, 11) is 1.30. The van der Waals surface area contributed by atoms with Crippen LogP contribution in [0.4, 0.5) is 13.2 Å². The first-order valence-corrected chi connectivity index (χ1v) is 11.8. The maximum absolute atomic E-state index is 12.9. The van der Waals surface area contributed by atoms with E-state index in [1.54, 1.807) is 24.3 Å². The van der Waals surface area contributed by atoms with Gasteiger partial charge in [0.15, 0.2) is 0 Å². The Bertz CT molecular complexity index is 1150. The molecule has 36 heavy (non-hydrogen) atoms. The van der Waals surface area contributed by atoms with Gasteiger partial charge in [-0.25, -0.2) is 4.68 Å². The Morgan fingerprint density at radius 2 is 1.61 bits per heavy atom. The van der Waals surface area contributed by atoms with E-state index in [4.69, 9.17) is 0 Å². The van der Waals surface area contributed by atoms with Crippen LogP contribution in [0.15, 0.2) is 60.9 Å². The number of nitrogens with zero attached hydrogens (tertiary/aromatic N) is 2. The molecule has 1 N–H and O–H groups in total. The lowest BCUT2D eigenvalue weighted by Crippen LogP contribution is -2.26.